The quantitative estimate of drug-likeness (QED) is 0.871. The highest BCUT2D eigenvalue weighted by Gasteiger charge is 2.10. The third kappa shape index (κ3) is 5.33. The number of benzene rings is 1. The molecule has 1 unspecified atom stereocenters. The molecule has 0 aliphatic heterocycles. The Labute approximate surface area is 103 Å². The van der Waals surface area contributed by atoms with Crippen LogP contribution in [0, 0.1) is 13.8 Å². The van der Waals surface area contributed by atoms with E-state index in [-0.39, 0.29) is 5.75 Å². The molecular weight excluding hydrogens is 236 g/mol. The van der Waals surface area contributed by atoms with Gasteiger partial charge in [0, 0.05) is 6.26 Å². The Morgan fingerprint density at radius 2 is 1.88 bits per heavy atom. The van der Waals surface area contributed by atoms with Crippen molar-refractivity contribution in [3.8, 4) is 0 Å². The van der Waals surface area contributed by atoms with E-state index in [2.05, 4.69) is 0 Å². The molecule has 17 heavy (non-hydrogen) atoms. The molecule has 0 amide bonds. The lowest BCUT2D eigenvalue weighted by molar-refractivity contribution is 0.171. The highest BCUT2D eigenvalue weighted by molar-refractivity contribution is 7.90. The minimum Gasteiger partial charge on any atom is -0.393 e. The molecule has 0 aromatic heterocycles. The normalized spacial score (nSPS) is 13.6. The van der Waals surface area contributed by atoms with Crippen LogP contribution in [-0.4, -0.2) is 31.6 Å². The maximum atomic E-state index is 11.0. The Hall–Kier alpha value is -0.870. The molecule has 1 atom stereocenters. The van der Waals surface area contributed by atoms with E-state index in [1.807, 2.05) is 32.0 Å². The fraction of sp³-hybridized carbons (Fsp3) is 0.538. The van der Waals surface area contributed by atoms with Crippen molar-refractivity contribution in [1.29, 1.82) is 0 Å². The standard InChI is InChI=1S/C13H20O3S/c1-10-4-5-12(8-11(10)2)9-13(14)6-7-17(3,15)16/h4-5,8,13-14H,6-7,9H2,1-3H3. The van der Waals surface area contributed by atoms with Crippen LogP contribution in [0.4, 0.5) is 0 Å². The van der Waals surface area contributed by atoms with Crippen LogP contribution in [0.5, 0.6) is 0 Å². The summed E-state index contributed by atoms with van der Waals surface area (Å²) >= 11 is 0. The summed E-state index contributed by atoms with van der Waals surface area (Å²) in [6, 6.07) is 6.04. The molecule has 96 valence electrons. The Balaban J connectivity index is 2.56. The maximum Gasteiger partial charge on any atom is 0.147 e. The molecule has 0 aliphatic rings. The smallest absolute Gasteiger partial charge is 0.147 e. The zero-order chi connectivity index (χ0) is 13.1. The second-order valence-electron chi connectivity index (χ2n) is 4.70. The van der Waals surface area contributed by atoms with Crippen molar-refractivity contribution < 1.29 is 13.5 Å². The summed E-state index contributed by atoms with van der Waals surface area (Å²) < 4.78 is 22.0. The van der Waals surface area contributed by atoms with Gasteiger partial charge in [-0.1, -0.05) is 18.2 Å². The van der Waals surface area contributed by atoms with Crippen LogP contribution < -0.4 is 0 Å². The first-order valence-corrected chi connectivity index (χ1v) is 7.76. The molecule has 4 heteroatoms. The van der Waals surface area contributed by atoms with Gasteiger partial charge in [-0.3, -0.25) is 0 Å². The second kappa shape index (κ2) is 5.65. The molecule has 1 aromatic carbocycles. The van der Waals surface area contributed by atoms with Crippen molar-refractivity contribution in [3.05, 3.63) is 34.9 Å². The largest absolute Gasteiger partial charge is 0.393 e. The van der Waals surface area contributed by atoms with Crippen LogP contribution in [-0.2, 0) is 16.3 Å². The molecule has 0 spiro atoms. The van der Waals surface area contributed by atoms with Gasteiger partial charge in [0.2, 0.25) is 0 Å². The third-order valence-electron chi connectivity index (χ3n) is 2.86. The van der Waals surface area contributed by atoms with E-state index < -0.39 is 15.9 Å². The van der Waals surface area contributed by atoms with Crippen LogP contribution in [0.1, 0.15) is 23.1 Å². The number of aryl methyl sites for hydroxylation is 2. The van der Waals surface area contributed by atoms with Gasteiger partial charge in [-0.25, -0.2) is 8.42 Å². The molecule has 1 rings (SSSR count). The van der Waals surface area contributed by atoms with Crippen molar-refractivity contribution in [2.45, 2.75) is 32.8 Å². The van der Waals surface area contributed by atoms with Gasteiger partial charge >= 0.3 is 0 Å². The first kappa shape index (κ1) is 14.2. The van der Waals surface area contributed by atoms with Gasteiger partial charge in [0.15, 0.2) is 0 Å². The van der Waals surface area contributed by atoms with E-state index in [1.165, 1.54) is 17.4 Å². The fourth-order valence-corrected chi connectivity index (χ4v) is 2.35. The van der Waals surface area contributed by atoms with Crippen LogP contribution >= 0.6 is 0 Å². The Morgan fingerprint density at radius 1 is 1.24 bits per heavy atom. The van der Waals surface area contributed by atoms with Crippen molar-refractivity contribution in [2.75, 3.05) is 12.0 Å². The monoisotopic (exact) mass is 256 g/mol. The summed E-state index contributed by atoms with van der Waals surface area (Å²) in [4.78, 5) is 0. The lowest BCUT2D eigenvalue weighted by atomic mass is 10.0. The van der Waals surface area contributed by atoms with Gasteiger partial charge in [0.05, 0.1) is 11.9 Å². The molecule has 3 nitrogen and oxygen atoms in total. The molecule has 0 fully saturated rings. The average molecular weight is 256 g/mol. The van der Waals surface area contributed by atoms with Gasteiger partial charge in [-0.05, 0) is 43.4 Å². The van der Waals surface area contributed by atoms with E-state index in [1.54, 1.807) is 0 Å². The van der Waals surface area contributed by atoms with Crippen LogP contribution in [0.15, 0.2) is 18.2 Å². The van der Waals surface area contributed by atoms with E-state index in [0.29, 0.717) is 12.8 Å². The van der Waals surface area contributed by atoms with E-state index >= 15 is 0 Å². The maximum absolute atomic E-state index is 11.0. The topological polar surface area (TPSA) is 54.4 Å². The SMILES string of the molecule is Cc1ccc(CC(O)CCS(C)(=O)=O)cc1C. The van der Waals surface area contributed by atoms with E-state index in [9.17, 15) is 13.5 Å². The summed E-state index contributed by atoms with van der Waals surface area (Å²) in [7, 11) is -2.99. The van der Waals surface area contributed by atoms with Gasteiger partial charge < -0.3 is 5.11 Å². The molecule has 0 saturated heterocycles. The van der Waals surface area contributed by atoms with Gasteiger partial charge in [0.1, 0.15) is 9.84 Å². The number of sulfone groups is 1. The zero-order valence-corrected chi connectivity index (χ0v) is 11.4. The molecule has 1 N–H and O–H groups in total. The lowest BCUT2D eigenvalue weighted by Crippen LogP contribution is -2.16. The van der Waals surface area contributed by atoms with Crippen LogP contribution in [0.2, 0.25) is 0 Å². The number of hydrogen-bond donors (Lipinski definition) is 1. The van der Waals surface area contributed by atoms with Crippen molar-refractivity contribution >= 4 is 9.84 Å². The lowest BCUT2D eigenvalue weighted by Gasteiger charge is -2.11. The van der Waals surface area contributed by atoms with Crippen LogP contribution in [0.3, 0.4) is 0 Å². The third-order valence-corrected chi connectivity index (χ3v) is 3.84. The molecule has 0 aliphatic carbocycles. The van der Waals surface area contributed by atoms with Crippen molar-refractivity contribution in [3.63, 3.8) is 0 Å². The summed E-state index contributed by atoms with van der Waals surface area (Å²) in [5.41, 5.74) is 3.46. The summed E-state index contributed by atoms with van der Waals surface area (Å²) in [6.07, 6.45) is 1.41. The Kier molecular flexibility index (Phi) is 4.71. The van der Waals surface area contributed by atoms with Crippen LogP contribution in [0.25, 0.3) is 0 Å². The molecule has 0 bridgehead atoms. The zero-order valence-electron chi connectivity index (χ0n) is 10.6. The highest BCUT2D eigenvalue weighted by Crippen LogP contribution is 2.12. The molecule has 0 radical (unpaired) electrons. The predicted octanol–water partition coefficient (Wildman–Crippen LogP) is 1.64. The molecule has 1 aromatic rings. The first-order valence-electron chi connectivity index (χ1n) is 5.70. The molecular formula is C13H20O3S. The van der Waals surface area contributed by atoms with Gasteiger partial charge in [-0.15, -0.1) is 0 Å². The molecule has 0 saturated carbocycles. The Bertz CT molecular complexity index is 477. The van der Waals surface area contributed by atoms with Gasteiger partial charge in [-0.2, -0.15) is 0 Å². The number of hydrogen-bond acceptors (Lipinski definition) is 3. The number of aliphatic hydroxyl groups excluding tert-OH is 1. The van der Waals surface area contributed by atoms with Crippen molar-refractivity contribution in [2.24, 2.45) is 0 Å². The Morgan fingerprint density at radius 3 is 2.41 bits per heavy atom. The van der Waals surface area contributed by atoms with E-state index in [4.69, 9.17) is 0 Å². The number of rotatable bonds is 5. The van der Waals surface area contributed by atoms with Crippen molar-refractivity contribution in [1.82, 2.24) is 0 Å². The molecule has 0 heterocycles. The highest BCUT2D eigenvalue weighted by atomic mass is 32.2. The first-order chi connectivity index (χ1) is 7.78. The van der Waals surface area contributed by atoms with E-state index in [0.717, 1.165) is 5.56 Å². The number of aliphatic hydroxyl groups is 1. The summed E-state index contributed by atoms with van der Waals surface area (Å²) in [5.74, 6) is 0.0407. The fourth-order valence-electron chi connectivity index (χ4n) is 1.65. The minimum atomic E-state index is -2.99. The average Bonchev–Trinajstić information content (AvgIpc) is 2.20. The van der Waals surface area contributed by atoms with Gasteiger partial charge in [0.25, 0.3) is 0 Å². The summed E-state index contributed by atoms with van der Waals surface area (Å²) in [6.45, 7) is 4.07. The minimum absolute atomic E-state index is 0.0407. The summed E-state index contributed by atoms with van der Waals surface area (Å²) in [5, 5.41) is 9.76. The second-order valence-corrected chi connectivity index (χ2v) is 6.95. The predicted molar refractivity (Wildman–Crippen MR) is 70.0 cm³/mol.